The summed E-state index contributed by atoms with van der Waals surface area (Å²) in [6, 6.07) is 16.0. The molecule has 0 saturated heterocycles. The third kappa shape index (κ3) is 4.83. The zero-order valence-electron chi connectivity index (χ0n) is 19.9. The van der Waals surface area contributed by atoms with Crippen LogP contribution in [-0.2, 0) is 13.6 Å². The number of imidazole rings is 1. The highest BCUT2D eigenvalue weighted by Crippen LogP contribution is 2.27. The summed E-state index contributed by atoms with van der Waals surface area (Å²) in [6.45, 7) is 6.16. The summed E-state index contributed by atoms with van der Waals surface area (Å²) in [5, 5.41) is 0. The lowest BCUT2D eigenvalue weighted by molar-refractivity contribution is 0.261. The van der Waals surface area contributed by atoms with E-state index in [1.165, 1.54) is 5.56 Å². The highest BCUT2D eigenvalue weighted by molar-refractivity contribution is 5.74. The molecule has 7 heteroatoms. The minimum Gasteiger partial charge on any atom is -0.492 e. The lowest BCUT2D eigenvalue weighted by Gasteiger charge is -2.12. The molecule has 2 heterocycles. The van der Waals surface area contributed by atoms with Crippen LogP contribution in [0, 0.1) is 0 Å². The van der Waals surface area contributed by atoms with Gasteiger partial charge in [-0.1, -0.05) is 50.2 Å². The van der Waals surface area contributed by atoms with Crippen molar-refractivity contribution in [2.75, 3.05) is 27.2 Å². The quantitative estimate of drug-likeness (QED) is 0.411. The maximum atomic E-state index is 13.1. The van der Waals surface area contributed by atoms with Crippen LogP contribution in [0.3, 0.4) is 0 Å². The first-order chi connectivity index (χ1) is 15.8. The van der Waals surface area contributed by atoms with Crippen molar-refractivity contribution >= 4 is 11.2 Å². The fraction of sp³-hybridized carbons (Fsp3) is 0.346. The minimum atomic E-state index is -0.118. The van der Waals surface area contributed by atoms with E-state index < -0.39 is 0 Å². The highest BCUT2D eigenvalue weighted by atomic mass is 16.5. The van der Waals surface area contributed by atoms with Crippen molar-refractivity contribution < 1.29 is 4.74 Å². The molecule has 7 nitrogen and oxygen atoms in total. The van der Waals surface area contributed by atoms with Crippen LogP contribution in [0.1, 0.15) is 30.9 Å². The van der Waals surface area contributed by atoms with E-state index in [-0.39, 0.29) is 5.69 Å². The smallest absolute Gasteiger partial charge is 0.330 e. The number of hydrogen-bond acceptors (Lipinski definition) is 5. The summed E-state index contributed by atoms with van der Waals surface area (Å²) in [7, 11) is 5.79. The van der Waals surface area contributed by atoms with Crippen molar-refractivity contribution in [2.45, 2.75) is 26.3 Å². The highest BCUT2D eigenvalue weighted by Gasteiger charge is 2.17. The van der Waals surface area contributed by atoms with Crippen molar-refractivity contribution in [3.63, 3.8) is 0 Å². The van der Waals surface area contributed by atoms with E-state index in [1.54, 1.807) is 22.4 Å². The van der Waals surface area contributed by atoms with Gasteiger partial charge in [-0.05, 0) is 43.3 Å². The molecule has 0 N–H and O–H groups in total. The van der Waals surface area contributed by atoms with E-state index in [9.17, 15) is 4.79 Å². The minimum absolute atomic E-state index is 0.118. The number of aryl methyl sites for hydroxylation is 1. The summed E-state index contributed by atoms with van der Waals surface area (Å²) in [4.78, 5) is 24.6. The Labute approximate surface area is 194 Å². The van der Waals surface area contributed by atoms with Gasteiger partial charge in [-0.2, -0.15) is 0 Å². The van der Waals surface area contributed by atoms with E-state index >= 15 is 0 Å². The molecule has 33 heavy (non-hydrogen) atoms. The van der Waals surface area contributed by atoms with Gasteiger partial charge in [0.2, 0.25) is 0 Å². The number of likely N-dealkylation sites (N-methyl/N-ethyl adjacent to an activating group) is 1. The van der Waals surface area contributed by atoms with Crippen LogP contribution < -0.4 is 10.4 Å². The molecule has 0 aliphatic carbocycles. The second-order valence-corrected chi connectivity index (χ2v) is 8.87. The molecule has 0 radical (unpaired) electrons. The number of hydrogen-bond donors (Lipinski definition) is 0. The van der Waals surface area contributed by atoms with E-state index in [4.69, 9.17) is 9.72 Å². The lowest BCUT2D eigenvalue weighted by Crippen LogP contribution is -2.23. The molecule has 0 atom stereocenters. The van der Waals surface area contributed by atoms with Crippen molar-refractivity contribution in [3.8, 4) is 17.1 Å². The summed E-state index contributed by atoms with van der Waals surface area (Å²) in [5.41, 5.74) is 4.38. The lowest BCUT2D eigenvalue weighted by atomic mass is 9.97. The van der Waals surface area contributed by atoms with E-state index in [0.29, 0.717) is 36.1 Å². The first-order valence-electron chi connectivity index (χ1n) is 11.2. The standard InChI is InChI=1S/C26H31N5O2/c1-18(2)21-11-6-7-12-22(21)24-27-16-23-25(28-24)31(26(32)30(23)5)17-19-9-8-10-20(15-19)33-14-13-29(3)4/h6-12,15-16,18H,13-14,17H2,1-5H3. The third-order valence-electron chi connectivity index (χ3n) is 5.75. The van der Waals surface area contributed by atoms with Crippen LogP contribution in [0.25, 0.3) is 22.6 Å². The van der Waals surface area contributed by atoms with Crippen LogP contribution >= 0.6 is 0 Å². The SMILES string of the molecule is CC(C)c1ccccc1-c1ncc2c(n1)n(Cc1cccc(OCCN(C)C)c1)c(=O)n2C. The topological polar surface area (TPSA) is 65.2 Å². The van der Waals surface area contributed by atoms with E-state index in [2.05, 4.69) is 29.8 Å². The molecule has 4 aromatic rings. The van der Waals surface area contributed by atoms with Crippen molar-refractivity contribution in [1.29, 1.82) is 0 Å². The molecule has 0 aliphatic heterocycles. The maximum absolute atomic E-state index is 13.1. The van der Waals surface area contributed by atoms with E-state index in [1.807, 2.05) is 56.6 Å². The molecule has 4 rings (SSSR count). The fourth-order valence-electron chi connectivity index (χ4n) is 3.92. The molecule has 2 aromatic heterocycles. The third-order valence-corrected chi connectivity index (χ3v) is 5.75. The molecule has 0 aliphatic rings. The van der Waals surface area contributed by atoms with Crippen molar-refractivity contribution in [2.24, 2.45) is 7.05 Å². The summed E-state index contributed by atoms with van der Waals surface area (Å²) >= 11 is 0. The number of aromatic nitrogens is 4. The Morgan fingerprint density at radius 1 is 1.09 bits per heavy atom. The summed E-state index contributed by atoms with van der Waals surface area (Å²) in [6.07, 6.45) is 1.74. The van der Waals surface area contributed by atoms with Gasteiger partial charge in [0.05, 0.1) is 12.7 Å². The number of fused-ring (bicyclic) bond motifs is 1. The molecule has 0 spiro atoms. The second kappa shape index (κ2) is 9.58. The summed E-state index contributed by atoms with van der Waals surface area (Å²) in [5.74, 6) is 1.77. The molecule has 0 fully saturated rings. The van der Waals surface area contributed by atoms with Gasteiger partial charge < -0.3 is 9.64 Å². The van der Waals surface area contributed by atoms with Gasteiger partial charge in [0.1, 0.15) is 17.9 Å². The van der Waals surface area contributed by atoms with Gasteiger partial charge in [-0.15, -0.1) is 0 Å². The van der Waals surface area contributed by atoms with Gasteiger partial charge in [0, 0.05) is 19.2 Å². The zero-order valence-corrected chi connectivity index (χ0v) is 19.9. The molecule has 2 aromatic carbocycles. The van der Waals surface area contributed by atoms with Crippen molar-refractivity contribution in [3.05, 3.63) is 76.3 Å². The van der Waals surface area contributed by atoms with Gasteiger partial charge in [-0.3, -0.25) is 9.13 Å². The average molecular weight is 446 g/mol. The number of nitrogens with zero attached hydrogens (tertiary/aromatic N) is 5. The Bertz CT molecular complexity index is 1320. The van der Waals surface area contributed by atoms with Crippen LogP contribution in [0.2, 0.25) is 0 Å². The van der Waals surface area contributed by atoms with Crippen LogP contribution in [0.4, 0.5) is 0 Å². The zero-order chi connectivity index (χ0) is 23.5. The van der Waals surface area contributed by atoms with Crippen molar-refractivity contribution in [1.82, 2.24) is 24.0 Å². The maximum Gasteiger partial charge on any atom is 0.330 e. The molecule has 0 saturated carbocycles. The molecular weight excluding hydrogens is 414 g/mol. The van der Waals surface area contributed by atoms with Gasteiger partial charge in [-0.25, -0.2) is 14.8 Å². The summed E-state index contributed by atoms with van der Waals surface area (Å²) < 4.78 is 9.18. The Morgan fingerprint density at radius 2 is 1.88 bits per heavy atom. The van der Waals surface area contributed by atoms with E-state index in [0.717, 1.165) is 23.4 Å². The molecule has 0 bridgehead atoms. The second-order valence-electron chi connectivity index (χ2n) is 8.87. The normalized spacial score (nSPS) is 11.6. The van der Waals surface area contributed by atoms with Gasteiger partial charge >= 0.3 is 5.69 Å². The van der Waals surface area contributed by atoms with Gasteiger partial charge in [0.15, 0.2) is 11.5 Å². The monoisotopic (exact) mass is 445 g/mol. The Morgan fingerprint density at radius 3 is 2.64 bits per heavy atom. The predicted octanol–water partition coefficient (Wildman–Crippen LogP) is 3.91. The molecule has 0 amide bonds. The van der Waals surface area contributed by atoms with Crippen LogP contribution in [-0.4, -0.2) is 51.2 Å². The molecule has 172 valence electrons. The molecular formula is C26H31N5O2. The Balaban J connectivity index is 1.71. The number of ether oxygens (including phenoxy) is 1. The number of benzene rings is 2. The van der Waals surface area contributed by atoms with Crippen LogP contribution in [0.5, 0.6) is 5.75 Å². The van der Waals surface area contributed by atoms with Crippen LogP contribution in [0.15, 0.2) is 59.5 Å². The average Bonchev–Trinajstić information content (AvgIpc) is 3.03. The largest absolute Gasteiger partial charge is 0.492 e. The number of rotatable bonds is 8. The Hall–Kier alpha value is -3.45. The fourth-order valence-corrected chi connectivity index (χ4v) is 3.92. The first-order valence-corrected chi connectivity index (χ1v) is 11.2. The van der Waals surface area contributed by atoms with Gasteiger partial charge in [0.25, 0.3) is 0 Å². The first kappa shape index (κ1) is 22.7. The molecule has 0 unspecified atom stereocenters. The Kier molecular flexibility index (Phi) is 6.60. The predicted molar refractivity (Wildman–Crippen MR) is 132 cm³/mol.